The van der Waals surface area contributed by atoms with E-state index in [4.69, 9.17) is 9.47 Å². The molecular formula is C14H24N2O5. The highest BCUT2D eigenvalue weighted by Gasteiger charge is 2.33. The molecule has 1 amide bonds. The second kappa shape index (κ2) is 8.61. The predicted octanol–water partition coefficient (Wildman–Crippen LogP) is 0.731. The van der Waals surface area contributed by atoms with Gasteiger partial charge in [0.2, 0.25) is 5.91 Å². The third-order valence-electron chi connectivity index (χ3n) is 3.40. The number of ether oxygens (including phenoxy) is 2. The number of hydrogen-bond acceptors (Lipinski definition) is 6. The Morgan fingerprint density at radius 1 is 1.19 bits per heavy atom. The Morgan fingerprint density at radius 2 is 1.81 bits per heavy atom. The maximum atomic E-state index is 12.4. The summed E-state index contributed by atoms with van der Waals surface area (Å²) in [4.78, 5) is 35.6. The molecule has 0 unspecified atom stereocenters. The number of methoxy groups -OCH3 is 1. The zero-order chi connectivity index (χ0) is 15.8. The summed E-state index contributed by atoms with van der Waals surface area (Å²) in [5.41, 5.74) is 0. The summed E-state index contributed by atoms with van der Waals surface area (Å²) in [7, 11) is 1.28. The van der Waals surface area contributed by atoms with E-state index >= 15 is 0 Å². The number of nitrogens with zero attached hydrogens (tertiary/aromatic N) is 2. The molecule has 7 heteroatoms. The van der Waals surface area contributed by atoms with Crippen LogP contribution in [-0.2, 0) is 23.9 Å². The van der Waals surface area contributed by atoms with Gasteiger partial charge >= 0.3 is 11.9 Å². The second-order valence-electron chi connectivity index (χ2n) is 4.93. The SMILES string of the molecule is CCOC(=O)CC(=O)N([C@@H](C)C(=O)OC)N1CCCCC1. The lowest BCUT2D eigenvalue weighted by molar-refractivity contribution is -0.173. The third kappa shape index (κ3) is 5.00. The molecule has 0 aromatic rings. The number of carbonyl (C=O) groups is 3. The van der Waals surface area contributed by atoms with Crippen molar-refractivity contribution in [1.82, 2.24) is 10.0 Å². The van der Waals surface area contributed by atoms with E-state index in [9.17, 15) is 14.4 Å². The van der Waals surface area contributed by atoms with Crippen LogP contribution in [0.5, 0.6) is 0 Å². The molecule has 1 fully saturated rings. The molecule has 0 spiro atoms. The number of rotatable bonds is 6. The number of hydrogen-bond donors (Lipinski definition) is 0. The summed E-state index contributed by atoms with van der Waals surface area (Å²) in [5, 5.41) is 3.18. The maximum Gasteiger partial charge on any atom is 0.329 e. The first-order valence-corrected chi connectivity index (χ1v) is 7.31. The minimum atomic E-state index is -0.755. The predicted molar refractivity (Wildman–Crippen MR) is 75.0 cm³/mol. The molecule has 0 saturated carbocycles. The first-order valence-electron chi connectivity index (χ1n) is 7.31. The van der Waals surface area contributed by atoms with E-state index in [2.05, 4.69) is 0 Å². The molecule has 1 atom stereocenters. The van der Waals surface area contributed by atoms with Crippen molar-refractivity contribution in [3.63, 3.8) is 0 Å². The summed E-state index contributed by atoms with van der Waals surface area (Å²) in [6.07, 6.45) is 2.64. The molecule has 0 radical (unpaired) electrons. The monoisotopic (exact) mass is 300 g/mol. The van der Waals surface area contributed by atoms with Gasteiger partial charge in [-0.25, -0.2) is 9.80 Å². The van der Waals surface area contributed by atoms with Gasteiger partial charge in [0.05, 0.1) is 13.7 Å². The van der Waals surface area contributed by atoms with Crippen LogP contribution in [-0.4, -0.2) is 60.7 Å². The summed E-state index contributed by atoms with van der Waals surface area (Å²) in [6, 6.07) is -0.755. The van der Waals surface area contributed by atoms with Crippen LogP contribution in [0.3, 0.4) is 0 Å². The topological polar surface area (TPSA) is 76.2 Å². The van der Waals surface area contributed by atoms with E-state index in [1.165, 1.54) is 12.1 Å². The van der Waals surface area contributed by atoms with Crippen LogP contribution in [0.4, 0.5) is 0 Å². The van der Waals surface area contributed by atoms with Gasteiger partial charge < -0.3 is 9.47 Å². The molecule has 0 bridgehead atoms. The van der Waals surface area contributed by atoms with Gasteiger partial charge in [0.1, 0.15) is 12.5 Å². The van der Waals surface area contributed by atoms with Crippen LogP contribution in [0.1, 0.15) is 39.5 Å². The first-order chi connectivity index (χ1) is 10.0. The number of carbonyl (C=O) groups excluding carboxylic acids is 3. The van der Waals surface area contributed by atoms with Crippen LogP contribution >= 0.6 is 0 Å². The molecule has 0 N–H and O–H groups in total. The maximum absolute atomic E-state index is 12.4. The molecule has 1 saturated heterocycles. The summed E-state index contributed by atoms with van der Waals surface area (Å²) < 4.78 is 9.51. The first kappa shape index (κ1) is 17.4. The fraction of sp³-hybridized carbons (Fsp3) is 0.786. The van der Waals surface area contributed by atoms with Gasteiger partial charge in [-0.05, 0) is 26.7 Å². The zero-order valence-electron chi connectivity index (χ0n) is 13.0. The molecule has 1 heterocycles. The van der Waals surface area contributed by atoms with Gasteiger partial charge in [-0.3, -0.25) is 14.6 Å². The third-order valence-corrected chi connectivity index (χ3v) is 3.40. The highest BCUT2D eigenvalue weighted by molar-refractivity contribution is 5.95. The second-order valence-corrected chi connectivity index (χ2v) is 4.93. The fourth-order valence-corrected chi connectivity index (χ4v) is 2.40. The number of esters is 2. The molecule has 0 aromatic heterocycles. The van der Waals surface area contributed by atoms with Gasteiger partial charge in [-0.15, -0.1) is 0 Å². The average molecular weight is 300 g/mol. The lowest BCUT2D eigenvalue weighted by Crippen LogP contribution is -2.56. The Hall–Kier alpha value is -1.63. The number of piperidine rings is 1. The minimum absolute atomic E-state index is 0.225. The summed E-state index contributed by atoms with van der Waals surface area (Å²) >= 11 is 0. The molecule has 1 aliphatic rings. The van der Waals surface area contributed by atoms with Crippen molar-refractivity contribution in [3.8, 4) is 0 Å². The fourth-order valence-electron chi connectivity index (χ4n) is 2.40. The van der Waals surface area contributed by atoms with Gasteiger partial charge in [0.25, 0.3) is 0 Å². The van der Waals surface area contributed by atoms with Crippen LogP contribution in [0.2, 0.25) is 0 Å². The normalized spacial score (nSPS) is 16.9. The highest BCUT2D eigenvalue weighted by Crippen LogP contribution is 2.16. The Balaban J connectivity index is 2.81. The lowest BCUT2D eigenvalue weighted by Gasteiger charge is -2.39. The average Bonchev–Trinajstić information content (AvgIpc) is 2.47. The smallest absolute Gasteiger partial charge is 0.329 e. The van der Waals surface area contributed by atoms with Crippen LogP contribution in [0.25, 0.3) is 0 Å². The van der Waals surface area contributed by atoms with E-state index in [0.29, 0.717) is 13.1 Å². The minimum Gasteiger partial charge on any atom is -0.467 e. The molecule has 0 aliphatic carbocycles. The Kier molecular flexibility index (Phi) is 7.14. The Bertz CT molecular complexity index is 380. The van der Waals surface area contributed by atoms with Gasteiger partial charge in [-0.2, -0.15) is 0 Å². The summed E-state index contributed by atoms with van der Waals surface area (Å²) in [5.74, 6) is -1.52. The largest absolute Gasteiger partial charge is 0.467 e. The van der Waals surface area contributed by atoms with Gasteiger partial charge in [0, 0.05) is 13.1 Å². The van der Waals surface area contributed by atoms with E-state index < -0.39 is 23.9 Å². The van der Waals surface area contributed by atoms with Crippen molar-refractivity contribution in [1.29, 1.82) is 0 Å². The number of amides is 1. The van der Waals surface area contributed by atoms with Crippen molar-refractivity contribution in [2.45, 2.75) is 45.6 Å². The molecule has 7 nitrogen and oxygen atoms in total. The van der Waals surface area contributed by atoms with Gasteiger partial charge in [-0.1, -0.05) is 6.42 Å². The summed E-state index contributed by atoms with van der Waals surface area (Å²) in [6.45, 7) is 4.89. The Morgan fingerprint density at radius 3 is 2.33 bits per heavy atom. The van der Waals surface area contributed by atoms with Crippen molar-refractivity contribution in [2.24, 2.45) is 0 Å². The molecule has 120 valence electrons. The molecule has 1 aliphatic heterocycles. The molecule has 1 rings (SSSR count). The molecule has 0 aromatic carbocycles. The standard InChI is InChI=1S/C14H24N2O5/c1-4-21-13(18)10-12(17)16(11(2)14(19)20-3)15-8-6-5-7-9-15/h11H,4-10H2,1-3H3/t11-/m0/s1. The van der Waals surface area contributed by atoms with Crippen LogP contribution in [0, 0.1) is 0 Å². The van der Waals surface area contributed by atoms with E-state index in [1.807, 2.05) is 5.01 Å². The van der Waals surface area contributed by atoms with Gasteiger partial charge in [0.15, 0.2) is 0 Å². The molecule has 21 heavy (non-hydrogen) atoms. The van der Waals surface area contributed by atoms with E-state index in [0.717, 1.165) is 19.3 Å². The highest BCUT2D eigenvalue weighted by atomic mass is 16.5. The van der Waals surface area contributed by atoms with Crippen LogP contribution in [0.15, 0.2) is 0 Å². The van der Waals surface area contributed by atoms with Crippen molar-refractivity contribution in [3.05, 3.63) is 0 Å². The van der Waals surface area contributed by atoms with Crippen molar-refractivity contribution in [2.75, 3.05) is 26.8 Å². The van der Waals surface area contributed by atoms with Crippen molar-refractivity contribution < 1.29 is 23.9 Å². The molecular weight excluding hydrogens is 276 g/mol. The lowest BCUT2D eigenvalue weighted by atomic mass is 10.1. The number of hydrazine groups is 1. The van der Waals surface area contributed by atoms with Crippen molar-refractivity contribution >= 4 is 17.8 Å². The van der Waals surface area contributed by atoms with Crippen LogP contribution < -0.4 is 0 Å². The van der Waals surface area contributed by atoms with E-state index in [-0.39, 0.29) is 13.0 Å². The Labute approximate surface area is 125 Å². The quantitative estimate of drug-likeness (QED) is 0.532. The van der Waals surface area contributed by atoms with E-state index in [1.54, 1.807) is 13.8 Å². The zero-order valence-corrected chi connectivity index (χ0v) is 13.0.